The summed E-state index contributed by atoms with van der Waals surface area (Å²) in [4.78, 5) is 25.3. The summed E-state index contributed by atoms with van der Waals surface area (Å²) in [6, 6.07) is 0. The van der Waals surface area contributed by atoms with Gasteiger partial charge in [0.05, 0.1) is 17.7 Å². The van der Waals surface area contributed by atoms with E-state index in [-0.39, 0.29) is 11.8 Å². The molecule has 0 spiro atoms. The fourth-order valence-electron chi connectivity index (χ4n) is 2.77. The van der Waals surface area contributed by atoms with Crippen LogP contribution in [-0.4, -0.2) is 40.1 Å². The minimum atomic E-state index is -0.804. The van der Waals surface area contributed by atoms with Crippen molar-refractivity contribution < 1.29 is 14.7 Å². The molecule has 0 aromatic heterocycles. The first-order chi connectivity index (χ1) is 8.09. The smallest absolute Gasteiger partial charge is 0.307 e. The van der Waals surface area contributed by atoms with Gasteiger partial charge in [0.2, 0.25) is 5.91 Å². The maximum absolute atomic E-state index is 12.3. The van der Waals surface area contributed by atoms with E-state index in [0.29, 0.717) is 12.3 Å². The van der Waals surface area contributed by atoms with E-state index < -0.39 is 11.9 Å². The van der Waals surface area contributed by atoms with Crippen molar-refractivity contribution in [3.05, 3.63) is 0 Å². The number of carbonyl (C=O) groups excluding carboxylic acids is 1. The van der Waals surface area contributed by atoms with Crippen molar-refractivity contribution in [1.29, 1.82) is 0 Å². The summed E-state index contributed by atoms with van der Waals surface area (Å²) < 4.78 is 0. The van der Waals surface area contributed by atoms with Crippen LogP contribution in [0.1, 0.15) is 26.2 Å². The molecule has 1 heterocycles. The van der Waals surface area contributed by atoms with E-state index in [4.69, 9.17) is 0 Å². The minimum Gasteiger partial charge on any atom is -0.481 e. The second kappa shape index (κ2) is 5.29. The molecule has 4 nitrogen and oxygen atoms in total. The van der Waals surface area contributed by atoms with Crippen molar-refractivity contribution in [3.8, 4) is 0 Å². The number of carbonyl (C=O) groups is 2. The van der Waals surface area contributed by atoms with Gasteiger partial charge < -0.3 is 10.0 Å². The minimum absolute atomic E-state index is 0.0638. The van der Waals surface area contributed by atoms with Gasteiger partial charge in [0.15, 0.2) is 0 Å². The highest BCUT2D eigenvalue weighted by Gasteiger charge is 2.40. The Morgan fingerprint density at radius 2 is 2.06 bits per heavy atom. The molecule has 1 N–H and O–H groups in total. The molecule has 0 radical (unpaired) electrons. The molecule has 0 aromatic carbocycles. The summed E-state index contributed by atoms with van der Waals surface area (Å²) in [6.07, 6.45) is 2.31. The maximum Gasteiger partial charge on any atom is 0.307 e. The summed E-state index contributed by atoms with van der Waals surface area (Å²) in [5, 5.41) is 9.21. The Kier molecular flexibility index (Phi) is 3.97. The Balaban J connectivity index is 2.08. The standard InChI is InChI=1S/C12H19NO3S/c1-8-2-3-9(12(15)16)10(6-8)11(14)13-4-5-17-7-13/h8-10H,2-7H2,1H3,(H,15,16). The van der Waals surface area contributed by atoms with Crippen LogP contribution in [0.4, 0.5) is 0 Å². The predicted molar refractivity (Wildman–Crippen MR) is 66.7 cm³/mol. The summed E-state index contributed by atoms with van der Waals surface area (Å²) in [6.45, 7) is 2.89. The lowest BCUT2D eigenvalue weighted by Crippen LogP contribution is -2.42. The quantitative estimate of drug-likeness (QED) is 0.817. The number of hydrogen-bond acceptors (Lipinski definition) is 3. The van der Waals surface area contributed by atoms with Crippen molar-refractivity contribution in [2.24, 2.45) is 17.8 Å². The topological polar surface area (TPSA) is 57.6 Å². The lowest BCUT2D eigenvalue weighted by atomic mass is 9.74. The summed E-state index contributed by atoms with van der Waals surface area (Å²) in [5.41, 5.74) is 0. The third kappa shape index (κ3) is 2.76. The molecular formula is C12H19NO3S. The van der Waals surface area contributed by atoms with Gasteiger partial charge in [-0.2, -0.15) is 0 Å². The normalized spacial score (nSPS) is 33.7. The Hall–Kier alpha value is -0.710. The van der Waals surface area contributed by atoms with E-state index in [2.05, 4.69) is 6.92 Å². The first-order valence-corrected chi connectivity index (χ1v) is 7.34. The molecule has 1 aliphatic carbocycles. The summed E-state index contributed by atoms with van der Waals surface area (Å²) in [5.74, 6) is 0.673. The number of aliphatic carboxylic acids is 1. The monoisotopic (exact) mass is 257 g/mol. The molecule has 1 aliphatic heterocycles. The Morgan fingerprint density at radius 1 is 1.29 bits per heavy atom. The molecule has 1 saturated carbocycles. The number of amides is 1. The molecule has 5 heteroatoms. The van der Waals surface area contributed by atoms with Crippen LogP contribution in [0.25, 0.3) is 0 Å². The predicted octanol–water partition coefficient (Wildman–Crippen LogP) is 1.66. The van der Waals surface area contributed by atoms with E-state index in [1.54, 1.807) is 11.8 Å². The molecule has 1 saturated heterocycles. The number of thioether (sulfide) groups is 1. The van der Waals surface area contributed by atoms with Crippen molar-refractivity contribution >= 4 is 23.6 Å². The molecule has 2 fully saturated rings. The zero-order valence-electron chi connectivity index (χ0n) is 10.1. The van der Waals surface area contributed by atoms with E-state index in [0.717, 1.165) is 31.0 Å². The van der Waals surface area contributed by atoms with Crippen molar-refractivity contribution in [1.82, 2.24) is 4.90 Å². The molecule has 0 aromatic rings. The van der Waals surface area contributed by atoms with E-state index in [9.17, 15) is 14.7 Å². The summed E-state index contributed by atoms with van der Waals surface area (Å²) in [7, 11) is 0. The highest BCUT2D eigenvalue weighted by atomic mass is 32.2. The molecule has 2 aliphatic rings. The van der Waals surface area contributed by atoms with Crippen LogP contribution in [0, 0.1) is 17.8 Å². The van der Waals surface area contributed by atoms with Crippen molar-refractivity contribution in [2.75, 3.05) is 18.2 Å². The SMILES string of the molecule is CC1CCC(C(=O)O)C(C(=O)N2CCSC2)C1. The van der Waals surface area contributed by atoms with Crippen molar-refractivity contribution in [3.63, 3.8) is 0 Å². The highest BCUT2D eigenvalue weighted by molar-refractivity contribution is 7.99. The van der Waals surface area contributed by atoms with E-state index >= 15 is 0 Å². The number of rotatable bonds is 2. The van der Waals surface area contributed by atoms with Crippen LogP contribution >= 0.6 is 11.8 Å². The first kappa shape index (κ1) is 12.7. The molecule has 0 bridgehead atoms. The molecule has 3 atom stereocenters. The molecule has 17 heavy (non-hydrogen) atoms. The van der Waals surface area contributed by atoms with Gasteiger partial charge in [0.1, 0.15) is 0 Å². The molecule has 1 amide bonds. The highest BCUT2D eigenvalue weighted by Crippen LogP contribution is 2.36. The fourth-order valence-corrected chi connectivity index (χ4v) is 3.73. The lowest BCUT2D eigenvalue weighted by Gasteiger charge is -2.33. The largest absolute Gasteiger partial charge is 0.481 e. The van der Waals surface area contributed by atoms with Gasteiger partial charge >= 0.3 is 5.97 Å². The molecule has 3 unspecified atom stereocenters. The van der Waals surface area contributed by atoms with Crippen LogP contribution in [0.15, 0.2) is 0 Å². The van der Waals surface area contributed by atoms with Gasteiger partial charge in [-0.25, -0.2) is 0 Å². The van der Waals surface area contributed by atoms with Crippen LogP contribution in [0.3, 0.4) is 0 Å². The molecular weight excluding hydrogens is 238 g/mol. The second-order valence-electron chi connectivity index (χ2n) is 5.11. The van der Waals surface area contributed by atoms with Crippen LogP contribution in [0.5, 0.6) is 0 Å². The van der Waals surface area contributed by atoms with Gasteiger partial charge in [0, 0.05) is 12.3 Å². The van der Waals surface area contributed by atoms with E-state index in [1.807, 2.05) is 4.90 Å². The Bertz CT molecular complexity index is 315. The van der Waals surface area contributed by atoms with Gasteiger partial charge in [-0.1, -0.05) is 6.92 Å². The maximum atomic E-state index is 12.3. The zero-order valence-corrected chi connectivity index (χ0v) is 10.9. The van der Waals surface area contributed by atoms with Crippen molar-refractivity contribution in [2.45, 2.75) is 26.2 Å². The average molecular weight is 257 g/mol. The van der Waals surface area contributed by atoms with Gasteiger partial charge in [-0.15, -0.1) is 11.8 Å². The molecule has 96 valence electrons. The molecule has 2 rings (SSSR count). The fraction of sp³-hybridized carbons (Fsp3) is 0.833. The number of carboxylic acid groups (broad SMARTS) is 1. The Labute approximate surface area is 106 Å². The summed E-state index contributed by atoms with van der Waals surface area (Å²) >= 11 is 1.74. The van der Waals surface area contributed by atoms with Gasteiger partial charge in [0.25, 0.3) is 0 Å². The first-order valence-electron chi connectivity index (χ1n) is 6.19. The lowest BCUT2D eigenvalue weighted by molar-refractivity contribution is -0.152. The van der Waals surface area contributed by atoms with Gasteiger partial charge in [-0.3, -0.25) is 9.59 Å². The third-order valence-electron chi connectivity index (χ3n) is 3.81. The average Bonchev–Trinajstić information content (AvgIpc) is 2.80. The van der Waals surface area contributed by atoms with Gasteiger partial charge in [-0.05, 0) is 25.2 Å². The van der Waals surface area contributed by atoms with E-state index in [1.165, 1.54) is 0 Å². The number of carboxylic acids is 1. The van der Waals surface area contributed by atoms with Crippen LogP contribution in [-0.2, 0) is 9.59 Å². The number of hydrogen-bond donors (Lipinski definition) is 1. The van der Waals surface area contributed by atoms with Crippen LogP contribution in [0.2, 0.25) is 0 Å². The second-order valence-corrected chi connectivity index (χ2v) is 6.18. The zero-order chi connectivity index (χ0) is 12.4. The third-order valence-corrected chi connectivity index (χ3v) is 4.78. The Morgan fingerprint density at radius 3 is 2.65 bits per heavy atom. The van der Waals surface area contributed by atoms with Crippen LogP contribution < -0.4 is 0 Å². The number of nitrogens with zero attached hydrogens (tertiary/aromatic N) is 1.